The van der Waals surface area contributed by atoms with E-state index in [9.17, 15) is 0 Å². The van der Waals surface area contributed by atoms with E-state index < -0.39 is 0 Å². The van der Waals surface area contributed by atoms with Crippen LogP contribution < -0.4 is 0 Å². The van der Waals surface area contributed by atoms with Crippen molar-refractivity contribution in [2.45, 2.75) is 0 Å². The second-order valence-corrected chi connectivity index (χ2v) is 15.1. The lowest BCUT2D eigenvalue weighted by molar-refractivity contribution is 1.15. The van der Waals surface area contributed by atoms with Gasteiger partial charge in [-0.3, -0.25) is 0 Å². The molecule has 5 nitrogen and oxygen atoms in total. The first-order chi connectivity index (χ1) is 30.2. The molecule has 0 bridgehead atoms. The monoisotopic (exact) mass is 779 g/mol. The lowest BCUT2D eigenvalue weighted by Gasteiger charge is -2.17. The molecule has 0 spiro atoms. The van der Waals surface area contributed by atoms with Crippen LogP contribution in [0.15, 0.2) is 224 Å². The molecule has 0 saturated heterocycles. The van der Waals surface area contributed by atoms with Crippen molar-refractivity contribution in [2.75, 3.05) is 0 Å². The fourth-order valence-electron chi connectivity index (χ4n) is 8.26. The van der Waals surface area contributed by atoms with E-state index in [1.54, 1.807) is 0 Å². The van der Waals surface area contributed by atoms with Gasteiger partial charge in [-0.2, -0.15) is 0 Å². The number of hydrogen-bond donors (Lipinski definition) is 0. The topological polar surface area (TPSA) is 56.5 Å². The van der Waals surface area contributed by atoms with Crippen LogP contribution in [0.5, 0.6) is 0 Å². The van der Waals surface area contributed by atoms with Crippen molar-refractivity contribution in [3.05, 3.63) is 224 Å². The van der Waals surface area contributed by atoms with Crippen LogP contribution in [0.2, 0.25) is 0 Å². The summed E-state index contributed by atoms with van der Waals surface area (Å²) in [5.74, 6) is 1.32. The molecule has 0 fully saturated rings. The zero-order valence-corrected chi connectivity index (χ0v) is 33.1. The largest absolute Gasteiger partial charge is 0.309 e. The van der Waals surface area contributed by atoms with Gasteiger partial charge in [-0.05, 0) is 53.6 Å². The van der Waals surface area contributed by atoms with Gasteiger partial charge in [0.2, 0.25) is 0 Å². The molecule has 8 aromatic carbocycles. The van der Waals surface area contributed by atoms with Gasteiger partial charge in [0.15, 0.2) is 11.6 Å². The van der Waals surface area contributed by atoms with E-state index in [0.717, 1.165) is 72.9 Å². The minimum atomic E-state index is 0.655. The van der Waals surface area contributed by atoms with E-state index in [0.29, 0.717) is 11.6 Å². The molecule has 0 radical (unpaired) electrons. The molecule has 0 unspecified atom stereocenters. The average Bonchev–Trinajstić information content (AvgIpc) is 3.68. The lowest BCUT2D eigenvalue weighted by Crippen LogP contribution is -2.02. The van der Waals surface area contributed by atoms with Crippen molar-refractivity contribution >= 4 is 21.8 Å². The Balaban J connectivity index is 1.20. The van der Waals surface area contributed by atoms with Gasteiger partial charge in [-0.25, -0.2) is 19.9 Å². The summed E-state index contributed by atoms with van der Waals surface area (Å²) in [4.78, 5) is 20.9. The van der Waals surface area contributed by atoms with Crippen LogP contribution in [0, 0.1) is 0 Å². The Morgan fingerprint density at radius 1 is 0.262 bits per heavy atom. The number of nitrogens with zero attached hydrogens (tertiary/aromatic N) is 5. The zero-order chi connectivity index (χ0) is 40.5. The number of para-hydroxylation sites is 1. The van der Waals surface area contributed by atoms with Gasteiger partial charge in [0.1, 0.15) is 0 Å². The summed E-state index contributed by atoms with van der Waals surface area (Å²) in [5, 5.41) is 2.36. The van der Waals surface area contributed by atoms with Crippen molar-refractivity contribution in [2.24, 2.45) is 0 Å². The van der Waals surface area contributed by atoms with Crippen molar-refractivity contribution in [1.29, 1.82) is 0 Å². The molecule has 0 saturated carbocycles. The molecule has 3 aromatic heterocycles. The quantitative estimate of drug-likeness (QED) is 0.154. The maximum Gasteiger partial charge on any atom is 0.160 e. The highest BCUT2D eigenvalue weighted by atomic mass is 15.0. The number of rotatable bonds is 8. The van der Waals surface area contributed by atoms with E-state index in [1.807, 2.05) is 60.7 Å². The summed E-state index contributed by atoms with van der Waals surface area (Å²) in [6.45, 7) is 0. The maximum atomic E-state index is 5.39. The molecule has 61 heavy (non-hydrogen) atoms. The molecular formula is C56H37N5. The summed E-state index contributed by atoms with van der Waals surface area (Å²) in [6.07, 6.45) is 0. The maximum absolute atomic E-state index is 5.39. The third-order valence-electron chi connectivity index (χ3n) is 11.2. The number of hydrogen-bond acceptors (Lipinski definition) is 4. The fourth-order valence-corrected chi connectivity index (χ4v) is 8.26. The highest BCUT2D eigenvalue weighted by Gasteiger charge is 2.21. The van der Waals surface area contributed by atoms with Gasteiger partial charge in [-0.15, -0.1) is 0 Å². The van der Waals surface area contributed by atoms with Crippen LogP contribution in [-0.4, -0.2) is 24.5 Å². The lowest BCUT2D eigenvalue weighted by atomic mass is 9.99. The van der Waals surface area contributed by atoms with Crippen LogP contribution >= 0.6 is 0 Å². The van der Waals surface area contributed by atoms with Crippen molar-refractivity contribution < 1.29 is 0 Å². The third-order valence-corrected chi connectivity index (χ3v) is 11.2. The molecular weight excluding hydrogens is 743 g/mol. The molecule has 0 atom stereocenters. The van der Waals surface area contributed by atoms with E-state index in [4.69, 9.17) is 19.9 Å². The summed E-state index contributed by atoms with van der Waals surface area (Å²) < 4.78 is 2.38. The van der Waals surface area contributed by atoms with E-state index >= 15 is 0 Å². The summed E-state index contributed by atoms with van der Waals surface area (Å²) >= 11 is 0. The predicted molar refractivity (Wildman–Crippen MR) is 250 cm³/mol. The van der Waals surface area contributed by atoms with E-state index in [2.05, 4.69) is 168 Å². The van der Waals surface area contributed by atoms with Gasteiger partial charge in [0.25, 0.3) is 0 Å². The Labute approximate surface area is 354 Å². The first kappa shape index (κ1) is 35.8. The van der Waals surface area contributed by atoms with Crippen molar-refractivity contribution in [1.82, 2.24) is 24.5 Å². The Morgan fingerprint density at radius 2 is 0.689 bits per heavy atom. The molecule has 11 aromatic rings. The minimum absolute atomic E-state index is 0.655. The predicted octanol–water partition coefficient (Wildman–Crippen LogP) is 14.0. The fraction of sp³-hybridized carbons (Fsp3) is 0. The molecule has 0 amide bonds. The second-order valence-electron chi connectivity index (χ2n) is 15.1. The number of fused-ring (bicyclic) bond motifs is 3. The molecule has 0 aliphatic carbocycles. The van der Waals surface area contributed by atoms with Crippen molar-refractivity contribution in [3.8, 4) is 84.6 Å². The molecule has 0 N–H and O–H groups in total. The normalized spacial score (nSPS) is 11.3. The van der Waals surface area contributed by atoms with Gasteiger partial charge in [0, 0.05) is 44.2 Å². The molecule has 11 rings (SSSR count). The van der Waals surface area contributed by atoms with Crippen LogP contribution in [0.3, 0.4) is 0 Å². The summed E-state index contributed by atoms with van der Waals surface area (Å²) in [7, 11) is 0. The highest BCUT2D eigenvalue weighted by molar-refractivity contribution is 6.11. The molecule has 0 aliphatic heterocycles. The third kappa shape index (κ3) is 6.84. The molecule has 5 heteroatoms. The van der Waals surface area contributed by atoms with Gasteiger partial charge >= 0.3 is 0 Å². The van der Waals surface area contributed by atoms with E-state index in [-0.39, 0.29) is 0 Å². The molecule has 0 aliphatic rings. The zero-order valence-electron chi connectivity index (χ0n) is 33.1. The number of aromatic nitrogens is 5. The smallest absolute Gasteiger partial charge is 0.160 e. The Bertz CT molecular complexity index is 3210. The van der Waals surface area contributed by atoms with E-state index in [1.165, 1.54) is 21.9 Å². The van der Waals surface area contributed by atoms with Crippen LogP contribution in [0.4, 0.5) is 0 Å². The standard InChI is InChI=1S/C56H37N5/c1-6-18-38(19-7-1)43-30-32-53-46(34-43)45-28-16-17-29-52(45)61(53)54-33-31-44(50-36-48(39-20-8-2-9-21-39)57-55(59-50)41-24-12-4-13-25-41)35-47(54)51-37-49(40-22-10-3-11-23-40)58-56(60-51)42-26-14-5-15-27-42/h1-37H. The Morgan fingerprint density at radius 3 is 1.26 bits per heavy atom. The minimum Gasteiger partial charge on any atom is -0.309 e. The highest BCUT2D eigenvalue weighted by Crippen LogP contribution is 2.40. The first-order valence-electron chi connectivity index (χ1n) is 20.5. The van der Waals surface area contributed by atoms with Crippen molar-refractivity contribution in [3.63, 3.8) is 0 Å². The second kappa shape index (κ2) is 15.5. The van der Waals surface area contributed by atoms with Gasteiger partial charge < -0.3 is 4.57 Å². The number of benzene rings is 8. The Kier molecular flexibility index (Phi) is 9.10. The molecule has 286 valence electrons. The molecule has 3 heterocycles. The van der Waals surface area contributed by atoms with Crippen LogP contribution in [0.1, 0.15) is 0 Å². The average molecular weight is 780 g/mol. The van der Waals surface area contributed by atoms with Crippen LogP contribution in [-0.2, 0) is 0 Å². The van der Waals surface area contributed by atoms with Crippen LogP contribution in [0.25, 0.3) is 106 Å². The van der Waals surface area contributed by atoms with Gasteiger partial charge in [-0.1, -0.05) is 182 Å². The van der Waals surface area contributed by atoms with Gasteiger partial charge in [0.05, 0.1) is 39.5 Å². The Hall–Kier alpha value is -8.28. The summed E-state index contributed by atoms with van der Waals surface area (Å²) in [5.41, 5.74) is 14.7. The summed E-state index contributed by atoms with van der Waals surface area (Å²) in [6, 6.07) is 78.0. The SMILES string of the molecule is c1ccc(-c2ccc3c(c2)c2ccccc2n3-c2ccc(-c3cc(-c4ccccc4)nc(-c4ccccc4)n3)cc2-c2cc(-c3ccccc3)nc(-c3ccccc3)n2)cc1. The first-order valence-corrected chi connectivity index (χ1v) is 20.5.